The number of carbonyl (C=O) groups is 1. The van der Waals surface area contributed by atoms with Crippen molar-refractivity contribution in [2.45, 2.75) is 26.7 Å². The van der Waals surface area contributed by atoms with Crippen molar-refractivity contribution in [1.29, 1.82) is 0 Å². The number of aryl methyl sites for hydroxylation is 2. The summed E-state index contributed by atoms with van der Waals surface area (Å²) < 4.78 is 1.39. The molecule has 5 heteroatoms. The van der Waals surface area contributed by atoms with E-state index in [2.05, 4.69) is 45.6 Å². The quantitative estimate of drug-likeness (QED) is 0.554. The number of hydrogen-bond acceptors (Lipinski definition) is 4. The van der Waals surface area contributed by atoms with E-state index in [1.807, 2.05) is 42.5 Å². The van der Waals surface area contributed by atoms with Gasteiger partial charge in [-0.2, -0.15) is 0 Å². The molecule has 0 spiro atoms. The van der Waals surface area contributed by atoms with Gasteiger partial charge in [-0.3, -0.25) is 9.69 Å². The van der Waals surface area contributed by atoms with Crippen molar-refractivity contribution in [1.82, 2.24) is 10.2 Å². The Morgan fingerprint density at radius 3 is 2.47 bits per heavy atom. The van der Waals surface area contributed by atoms with Gasteiger partial charge in [0.1, 0.15) is 0 Å². The molecule has 4 nitrogen and oxygen atoms in total. The summed E-state index contributed by atoms with van der Waals surface area (Å²) >= 11 is 1.85. The summed E-state index contributed by atoms with van der Waals surface area (Å²) in [6.45, 7) is 10.4. The topological polar surface area (TPSA) is 35.6 Å². The zero-order valence-electron chi connectivity index (χ0n) is 18.0. The number of anilines is 1. The second-order valence-corrected chi connectivity index (χ2v) is 9.19. The Kier molecular flexibility index (Phi) is 6.70. The van der Waals surface area contributed by atoms with Crippen LogP contribution in [-0.4, -0.2) is 50.1 Å². The molecule has 3 aromatic rings. The lowest BCUT2D eigenvalue weighted by atomic mass is 10.1. The monoisotopic (exact) mass is 421 g/mol. The Labute approximate surface area is 183 Å². The zero-order valence-corrected chi connectivity index (χ0v) is 18.8. The van der Waals surface area contributed by atoms with Crippen molar-refractivity contribution in [2.24, 2.45) is 0 Å². The molecule has 158 valence electrons. The molecule has 1 aliphatic rings. The smallest absolute Gasteiger partial charge is 0.251 e. The summed E-state index contributed by atoms with van der Waals surface area (Å²) in [5.41, 5.74) is 4.64. The highest BCUT2D eigenvalue weighted by molar-refractivity contribution is 7.17. The van der Waals surface area contributed by atoms with Gasteiger partial charge >= 0.3 is 0 Å². The first-order valence-electron chi connectivity index (χ1n) is 10.9. The fourth-order valence-corrected chi connectivity index (χ4v) is 5.12. The van der Waals surface area contributed by atoms with Crippen LogP contribution in [0.5, 0.6) is 0 Å². The number of nitrogens with zero attached hydrogens (tertiary/aromatic N) is 2. The van der Waals surface area contributed by atoms with Crippen molar-refractivity contribution in [3.05, 3.63) is 64.5 Å². The van der Waals surface area contributed by atoms with E-state index >= 15 is 0 Å². The Morgan fingerprint density at radius 1 is 0.967 bits per heavy atom. The number of piperazine rings is 1. The Morgan fingerprint density at radius 2 is 1.70 bits per heavy atom. The van der Waals surface area contributed by atoms with Crippen LogP contribution < -0.4 is 10.2 Å². The molecule has 30 heavy (non-hydrogen) atoms. The second-order valence-electron chi connectivity index (χ2n) is 8.28. The normalized spacial score (nSPS) is 14.9. The molecule has 2 aromatic carbocycles. The third-order valence-corrected chi connectivity index (χ3v) is 6.86. The van der Waals surface area contributed by atoms with Gasteiger partial charge in [0.2, 0.25) is 0 Å². The van der Waals surface area contributed by atoms with Crippen LogP contribution >= 0.6 is 11.3 Å². The molecular formula is C25H31N3OS. The lowest BCUT2D eigenvalue weighted by molar-refractivity contribution is 0.0952. The second kappa shape index (κ2) is 9.63. The fourth-order valence-electron chi connectivity index (χ4n) is 4.05. The lowest BCUT2D eigenvalue weighted by Crippen LogP contribution is -2.46. The molecule has 1 aromatic heterocycles. The summed E-state index contributed by atoms with van der Waals surface area (Å²) in [4.78, 5) is 17.2. The number of benzene rings is 2. The maximum absolute atomic E-state index is 12.2. The number of unbranched alkanes of at least 4 members (excludes halogenated alkanes) is 1. The van der Waals surface area contributed by atoms with E-state index in [0.29, 0.717) is 0 Å². The molecule has 0 saturated carbocycles. The van der Waals surface area contributed by atoms with E-state index in [1.165, 1.54) is 26.9 Å². The van der Waals surface area contributed by atoms with Crippen LogP contribution in [0, 0.1) is 13.8 Å². The van der Waals surface area contributed by atoms with Crippen LogP contribution in [0.15, 0.2) is 47.8 Å². The number of nitrogens with one attached hydrogen (secondary N) is 1. The Hall–Kier alpha value is -2.37. The molecule has 0 bridgehead atoms. The molecule has 1 aliphatic heterocycles. The average molecular weight is 422 g/mol. The molecule has 1 N–H and O–H groups in total. The summed E-state index contributed by atoms with van der Waals surface area (Å²) in [5.74, 6) is 0.0294. The van der Waals surface area contributed by atoms with Gasteiger partial charge in [-0.1, -0.05) is 29.8 Å². The van der Waals surface area contributed by atoms with Gasteiger partial charge in [0, 0.05) is 53.8 Å². The highest BCUT2D eigenvalue weighted by atomic mass is 32.1. The number of fused-ring (bicyclic) bond motifs is 1. The van der Waals surface area contributed by atoms with Gasteiger partial charge in [0.25, 0.3) is 5.91 Å². The minimum absolute atomic E-state index is 0.0294. The van der Waals surface area contributed by atoms with E-state index in [1.54, 1.807) is 0 Å². The molecule has 1 fully saturated rings. The number of amides is 1. The Balaban J connectivity index is 1.16. The minimum atomic E-state index is 0.0294. The van der Waals surface area contributed by atoms with Crippen LogP contribution in [-0.2, 0) is 0 Å². The highest BCUT2D eigenvalue weighted by Crippen LogP contribution is 2.34. The number of rotatable bonds is 7. The predicted molar refractivity (Wildman–Crippen MR) is 128 cm³/mol. The summed E-state index contributed by atoms with van der Waals surface area (Å²) in [7, 11) is 0. The maximum atomic E-state index is 12.2. The molecule has 0 radical (unpaired) electrons. The standard InChI is InChI=1S/C25H31N3OS/c1-19-5-8-21(9-6-19)25(29)26-11-3-4-12-27-13-15-28(16-14-27)23-18-30-24-17-20(2)7-10-22(23)24/h5-10,17-18H,3-4,11-16H2,1-2H3,(H,26,29). The van der Waals surface area contributed by atoms with Crippen LogP contribution in [0.4, 0.5) is 5.69 Å². The third-order valence-electron chi connectivity index (χ3n) is 5.92. The first-order chi connectivity index (χ1) is 14.6. The Bertz CT molecular complexity index is 987. The summed E-state index contributed by atoms with van der Waals surface area (Å²) in [6, 6.07) is 14.5. The van der Waals surface area contributed by atoms with Crippen molar-refractivity contribution in [3.8, 4) is 0 Å². The molecule has 0 atom stereocenters. The molecular weight excluding hydrogens is 390 g/mol. The van der Waals surface area contributed by atoms with E-state index in [-0.39, 0.29) is 5.91 Å². The molecule has 0 aliphatic carbocycles. The van der Waals surface area contributed by atoms with Crippen LogP contribution in [0.25, 0.3) is 10.1 Å². The lowest BCUT2D eigenvalue weighted by Gasteiger charge is -2.35. The SMILES string of the molecule is Cc1ccc(C(=O)NCCCCN2CCN(c3csc4cc(C)ccc34)CC2)cc1. The van der Waals surface area contributed by atoms with E-state index < -0.39 is 0 Å². The first kappa shape index (κ1) is 20.9. The summed E-state index contributed by atoms with van der Waals surface area (Å²) in [6.07, 6.45) is 2.14. The molecule has 4 rings (SSSR count). The van der Waals surface area contributed by atoms with Crippen molar-refractivity contribution in [3.63, 3.8) is 0 Å². The molecule has 1 saturated heterocycles. The third kappa shape index (κ3) is 5.02. The van der Waals surface area contributed by atoms with Gasteiger partial charge in [0.15, 0.2) is 0 Å². The fraction of sp³-hybridized carbons (Fsp3) is 0.400. The van der Waals surface area contributed by atoms with Crippen LogP contribution in [0.2, 0.25) is 0 Å². The minimum Gasteiger partial charge on any atom is -0.368 e. The first-order valence-corrected chi connectivity index (χ1v) is 11.8. The molecule has 0 unspecified atom stereocenters. The van der Waals surface area contributed by atoms with Crippen molar-refractivity contribution < 1.29 is 4.79 Å². The predicted octanol–water partition coefficient (Wildman–Crippen LogP) is 4.85. The maximum Gasteiger partial charge on any atom is 0.251 e. The van der Waals surface area contributed by atoms with Crippen LogP contribution in [0.3, 0.4) is 0 Å². The van der Waals surface area contributed by atoms with Crippen molar-refractivity contribution in [2.75, 3.05) is 44.2 Å². The van der Waals surface area contributed by atoms with Gasteiger partial charge < -0.3 is 10.2 Å². The van der Waals surface area contributed by atoms with Gasteiger partial charge in [-0.15, -0.1) is 11.3 Å². The molecule has 2 heterocycles. The van der Waals surface area contributed by atoms with Gasteiger partial charge in [0.05, 0.1) is 5.69 Å². The highest BCUT2D eigenvalue weighted by Gasteiger charge is 2.19. The van der Waals surface area contributed by atoms with Crippen molar-refractivity contribution >= 4 is 33.0 Å². The number of carbonyl (C=O) groups excluding carboxylic acids is 1. The number of thiophene rings is 1. The zero-order chi connectivity index (χ0) is 20.9. The summed E-state index contributed by atoms with van der Waals surface area (Å²) in [5, 5.41) is 6.75. The van der Waals surface area contributed by atoms with E-state index in [0.717, 1.165) is 57.7 Å². The van der Waals surface area contributed by atoms with Gasteiger partial charge in [-0.25, -0.2) is 0 Å². The van der Waals surface area contributed by atoms with Gasteiger partial charge in [-0.05, 0) is 57.0 Å². The molecule has 1 amide bonds. The average Bonchev–Trinajstić information content (AvgIpc) is 3.17. The largest absolute Gasteiger partial charge is 0.368 e. The van der Waals surface area contributed by atoms with Crippen LogP contribution in [0.1, 0.15) is 34.3 Å². The van der Waals surface area contributed by atoms with E-state index in [4.69, 9.17) is 0 Å². The van der Waals surface area contributed by atoms with E-state index in [9.17, 15) is 4.79 Å². The number of hydrogen-bond donors (Lipinski definition) is 1.